The molecule has 0 bridgehead atoms. The number of H-pyrrole nitrogens is 1. The van der Waals surface area contributed by atoms with Gasteiger partial charge in [-0.25, -0.2) is 0 Å². The smallest absolute Gasteiger partial charge is 0.137 e. The highest BCUT2D eigenvalue weighted by Crippen LogP contribution is 2.28. The fourth-order valence-electron chi connectivity index (χ4n) is 3.45. The van der Waals surface area contributed by atoms with E-state index in [1.54, 1.807) is 0 Å². The van der Waals surface area contributed by atoms with E-state index in [-0.39, 0.29) is 12.1 Å². The van der Waals surface area contributed by atoms with Gasteiger partial charge >= 0.3 is 0 Å². The summed E-state index contributed by atoms with van der Waals surface area (Å²) in [6, 6.07) is 16.4. The molecule has 0 radical (unpaired) electrons. The zero-order valence-electron chi connectivity index (χ0n) is 16.8. The summed E-state index contributed by atoms with van der Waals surface area (Å²) in [5.74, 6) is 0.825. The van der Waals surface area contributed by atoms with Crippen LogP contribution >= 0.6 is 0 Å². The molecule has 0 saturated heterocycles. The molecule has 3 rings (SSSR count). The third-order valence-electron chi connectivity index (χ3n) is 5.10. The first-order valence-electron chi connectivity index (χ1n) is 9.61. The van der Waals surface area contributed by atoms with E-state index in [2.05, 4.69) is 56.9 Å². The maximum atomic E-state index is 10.7. The van der Waals surface area contributed by atoms with E-state index in [4.69, 9.17) is 4.74 Å². The largest absolute Gasteiger partial charge is 0.490 e. The van der Waals surface area contributed by atoms with Crippen LogP contribution in [0.2, 0.25) is 0 Å². The van der Waals surface area contributed by atoms with Crippen LogP contribution in [0.4, 0.5) is 0 Å². The van der Waals surface area contributed by atoms with Gasteiger partial charge in [0.15, 0.2) is 0 Å². The number of ether oxygens (including phenoxy) is 1. The van der Waals surface area contributed by atoms with Crippen molar-refractivity contribution >= 4 is 10.9 Å². The van der Waals surface area contributed by atoms with Crippen LogP contribution in [0, 0.1) is 6.92 Å². The highest BCUT2D eigenvalue weighted by Gasteiger charge is 2.28. The van der Waals surface area contributed by atoms with Crippen LogP contribution in [0.15, 0.2) is 54.7 Å². The molecule has 0 aliphatic rings. The predicted octanol–water partition coefficient (Wildman–Crippen LogP) is 3.10. The van der Waals surface area contributed by atoms with Crippen molar-refractivity contribution in [3.8, 4) is 5.75 Å². The topological polar surface area (TPSA) is 49.7 Å². The SMILES string of the molecule is Cc1c[nH]c2cccc(OC[C@H](O)C[NH+](Cc3ccccc3)C(C)(C)C)c12. The van der Waals surface area contributed by atoms with Crippen molar-refractivity contribution in [3.63, 3.8) is 0 Å². The number of benzene rings is 2. The van der Waals surface area contributed by atoms with Crippen molar-refractivity contribution in [2.75, 3.05) is 13.2 Å². The lowest BCUT2D eigenvalue weighted by atomic mass is 10.0. The summed E-state index contributed by atoms with van der Waals surface area (Å²) in [6.07, 6.45) is 1.46. The average molecular weight is 368 g/mol. The van der Waals surface area contributed by atoms with E-state index in [1.165, 1.54) is 10.5 Å². The Morgan fingerprint density at radius 2 is 1.81 bits per heavy atom. The van der Waals surface area contributed by atoms with E-state index in [0.29, 0.717) is 6.54 Å². The Morgan fingerprint density at radius 1 is 1.07 bits per heavy atom. The van der Waals surface area contributed by atoms with Gasteiger partial charge in [0, 0.05) is 22.7 Å². The molecule has 27 heavy (non-hydrogen) atoms. The zero-order valence-corrected chi connectivity index (χ0v) is 16.8. The van der Waals surface area contributed by atoms with E-state index in [1.807, 2.05) is 30.5 Å². The maximum absolute atomic E-state index is 10.7. The number of nitrogens with one attached hydrogen (secondary N) is 2. The summed E-state index contributed by atoms with van der Waals surface area (Å²) in [4.78, 5) is 4.58. The monoisotopic (exact) mass is 367 g/mol. The molecule has 1 aromatic heterocycles. The van der Waals surface area contributed by atoms with Crippen LogP contribution in [0.3, 0.4) is 0 Å². The molecule has 144 valence electrons. The second-order valence-corrected chi connectivity index (χ2v) is 8.34. The molecule has 4 nitrogen and oxygen atoms in total. The van der Waals surface area contributed by atoms with Gasteiger partial charge in [-0.15, -0.1) is 0 Å². The summed E-state index contributed by atoms with van der Waals surface area (Å²) in [7, 11) is 0. The van der Waals surface area contributed by atoms with Crippen LogP contribution < -0.4 is 9.64 Å². The van der Waals surface area contributed by atoms with E-state index >= 15 is 0 Å². The van der Waals surface area contributed by atoms with Gasteiger partial charge in [0.05, 0.1) is 5.54 Å². The summed E-state index contributed by atoms with van der Waals surface area (Å²) in [5, 5.41) is 11.8. The van der Waals surface area contributed by atoms with Gasteiger partial charge < -0.3 is 19.7 Å². The third-order valence-corrected chi connectivity index (χ3v) is 5.10. The van der Waals surface area contributed by atoms with Gasteiger partial charge in [0.25, 0.3) is 0 Å². The Hall–Kier alpha value is -2.30. The van der Waals surface area contributed by atoms with Gasteiger partial charge in [-0.05, 0) is 45.4 Å². The molecule has 2 atom stereocenters. The number of rotatable bonds is 7. The molecule has 0 amide bonds. The molecule has 3 N–H and O–H groups in total. The van der Waals surface area contributed by atoms with Crippen LogP contribution in [-0.4, -0.2) is 34.9 Å². The Morgan fingerprint density at radius 3 is 2.52 bits per heavy atom. The van der Waals surface area contributed by atoms with E-state index < -0.39 is 6.10 Å². The van der Waals surface area contributed by atoms with Gasteiger partial charge in [-0.2, -0.15) is 0 Å². The molecular weight excluding hydrogens is 336 g/mol. The van der Waals surface area contributed by atoms with Crippen LogP contribution in [0.25, 0.3) is 10.9 Å². The molecular formula is C23H31N2O2+. The average Bonchev–Trinajstić information content (AvgIpc) is 3.01. The van der Waals surface area contributed by atoms with Crippen LogP contribution in [-0.2, 0) is 6.54 Å². The minimum Gasteiger partial charge on any atom is -0.490 e. The summed E-state index contributed by atoms with van der Waals surface area (Å²) >= 11 is 0. The van der Waals surface area contributed by atoms with Gasteiger partial charge in [-0.3, -0.25) is 0 Å². The Balaban J connectivity index is 1.65. The van der Waals surface area contributed by atoms with Gasteiger partial charge in [0.2, 0.25) is 0 Å². The number of aliphatic hydroxyl groups excluding tert-OH is 1. The van der Waals surface area contributed by atoms with Crippen molar-refractivity contribution < 1.29 is 14.7 Å². The molecule has 0 aliphatic heterocycles. The number of aromatic amines is 1. The van der Waals surface area contributed by atoms with Gasteiger partial charge in [0.1, 0.15) is 31.5 Å². The predicted molar refractivity (Wildman–Crippen MR) is 110 cm³/mol. The Kier molecular flexibility index (Phi) is 5.88. The van der Waals surface area contributed by atoms with Crippen molar-refractivity contribution in [3.05, 3.63) is 65.9 Å². The van der Waals surface area contributed by atoms with Gasteiger partial charge in [-0.1, -0.05) is 36.4 Å². The molecule has 2 aromatic carbocycles. The number of hydrogen-bond acceptors (Lipinski definition) is 2. The van der Waals surface area contributed by atoms with E-state index in [0.717, 1.165) is 28.8 Å². The second kappa shape index (κ2) is 8.15. The summed E-state index contributed by atoms with van der Waals surface area (Å²) < 4.78 is 6.00. The minimum absolute atomic E-state index is 0.0358. The number of aliphatic hydroxyl groups is 1. The normalized spacial score (nSPS) is 14.3. The zero-order chi connectivity index (χ0) is 19.4. The number of aryl methyl sites for hydroxylation is 1. The summed E-state index contributed by atoms with van der Waals surface area (Å²) in [5.41, 5.74) is 3.53. The van der Waals surface area contributed by atoms with Crippen LogP contribution in [0.5, 0.6) is 5.75 Å². The number of aromatic nitrogens is 1. The molecule has 0 saturated carbocycles. The quantitative estimate of drug-likeness (QED) is 0.601. The first kappa shape index (κ1) is 19.5. The molecule has 4 heteroatoms. The minimum atomic E-state index is -0.530. The van der Waals surface area contributed by atoms with Crippen molar-refractivity contribution in [2.24, 2.45) is 0 Å². The molecule has 0 spiro atoms. The van der Waals surface area contributed by atoms with Crippen LogP contribution in [0.1, 0.15) is 31.9 Å². The standard InChI is InChI=1S/C23H30N2O2/c1-17-13-24-20-11-8-12-21(22(17)20)27-16-19(26)15-25(23(2,3)4)14-18-9-6-5-7-10-18/h5-13,19,24,26H,14-16H2,1-4H3/p+1/t19-/m1/s1. The third kappa shape index (κ3) is 4.90. The van der Waals surface area contributed by atoms with E-state index in [9.17, 15) is 5.11 Å². The fraction of sp³-hybridized carbons (Fsp3) is 0.391. The molecule has 1 heterocycles. The molecule has 1 unspecified atom stereocenters. The van der Waals surface area contributed by atoms with Crippen molar-refractivity contribution in [1.29, 1.82) is 0 Å². The molecule has 0 aliphatic carbocycles. The number of hydrogen-bond donors (Lipinski definition) is 3. The highest BCUT2D eigenvalue weighted by molar-refractivity contribution is 5.89. The molecule has 3 aromatic rings. The van der Waals surface area contributed by atoms with Crippen molar-refractivity contribution in [1.82, 2.24) is 4.98 Å². The Labute approximate surface area is 161 Å². The number of quaternary nitrogens is 1. The highest BCUT2D eigenvalue weighted by atomic mass is 16.5. The molecule has 0 fully saturated rings. The van der Waals surface area contributed by atoms with Crippen molar-refractivity contribution in [2.45, 2.75) is 45.9 Å². The number of fused-ring (bicyclic) bond motifs is 1. The maximum Gasteiger partial charge on any atom is 0.137 e. The fourth-order valence-corrected chi connectivity index (χ4v) is 3.45. The lowest BCUT2D eigenvalue weighted by Gasteiger charge is -2.34. The Bertz CT molecular complexity index is 865. The first-order valence-corrected chi connectivity index (χ1v) is 9.61. The second-order valence-electron chi connectivity index (χ2n) is 8.34. The lowest BCUT2D eigenvalue weighted by Crippen LogP contribution is -3.18. The summed E-state index contributed by atoms with van der Waals surface area (Å²) in [6.45, 7) is 10.5. The first-order chi connectivity index (χ1) is 12.8. The lowest BCUT2D eigenvalue weighted by molar-refractivity contribution is -0.962.